The van der Waals surface area contributed by atoms with E-state index in [4.69, 9.17) is 9.72 Å². The zero-order valence-corrected chi connectivity index (χ0v) is 47.5. The van der Waals surface area contributed by atoms with Crippen LogP contribution in [0.15, 0.2) is 200 Å². The summed E-state index contributed by atoms with van der Waals surface area (Å²) in [5.41, 5.74) is 17.2. The van der Waals surface area contributed by atoms with Gasteiger partial charge in [0.25, 0.3) is 0 Å². The van der Waals surface area contributed by atoms with E-state index in [0.29, 0.717) is 6.67 Å². The number of benzene rings is 8. The molecular weight excluding hydrogens is 937 g/mol. The summed E-state index contributed by atoms with van der Waals surface area (Å²) in [6.07, 6.45) is 1.94. The lowest BCUT2D eigenvalue weighted by atomic mass is 9.73. The van der Waals surface area contributed by atoms with E-state index in [2.05, 4.69) is 298 Å². The highest BCUT2D eigenvalue weighted by Crippen LogP contribution is 2.50. The Morgan fingerprint density at radius 2 is 0.922 bits per heavy atom. The first-order valence-corrected chi connectivity index (χ1v) is 27.4. The van der Waals surface area contributed by atoms with Crippen molar-refractivity contribution in [3.63, 3.8) is 0 Å². The Balaban J connectivity index is 1.05. The third-order valence-corrected chi connectivity index (χ3v) is 16.4. The van der Waals surface area contributed by atoms with Crippen molar-refractivity contribution >= 4 is 44.6 Å². The molecule has 5 heteroatoms. The molecule has 388 valence electrons. The molecule has 77 heavy (non-hydrogen) atoms. The Kier molecular flexibility index (Phi) is 12.6. The van der Waals surface area contributed by atoms with E-state index in [1.165, 1.54) is 72.5 Å². The molecule has 0 aliphatic carbocycles. The number of pyridine rings is 1. The second-order valence-corrected chi connectivity index (χ2v) is 25.5. The number of anilines is 4. The predicted octanol–water partition coefficient (Wildman–Crippen LogP) is 19.4. The smallest absolute Gasteiger partial charge is 0.137 e. The first kappa shape index (κ1) is 51.2. The molecule has 0 unspecified atom stereocenters. The van der Waals surface area contributed by atoms with E-state index in [-0.39, 0.29) is 27.1 Å². The van der Waals surface area contributed by atoms with Crippen molar-refractivity contribution in [3.8, 4) is 28.4 Å². The maximum atomic E-state index is 7.17. The first-order chi connectivity index (χ1) is 36.5. The number of hydrogen-bond acceptors (Lipinski definition) is 4. The van der Waals surface area contributed by atoms with Crippen LogP contribution in [-0.2, 0) is 27.1 Å². The van der Waals surface area contributed by atoms with Gasteiger partial charge in [0.1, 0.15) is 24.0 Å². The standard InChI is InChI=1S/C72H74N4O/c1-68(2,3)52-30-34-64-66(43-52)75(47-74(64)57-40-55(71(10,11)50-25-19-15-20-26-50)38-56(41-57)72(12,13)51-27-21-16-22-28-51)58-39-54(70(7,8)9)42-60(45-58)77-59-31-32-61-62-37-49(48-23-17-14-18-24-48)29-33-63(62)76(65(61)46-59)67-44-53(35-36-73-67)69(4,5)6/h14-46H,47H2,1-13H3. The number of rotatable bonds is 10. The molecule has 8 aromatic carbocycles. The van der Waals surface area contributed by atoms with Crippen LogP contribution in [0.4, 0.5) is 22.7 Å². The lowest BCUT2D eigenvalue weighted by molar-refractivity contribution is 0.479. The molecule has 0 bridgehead atoms. The van der Waals surface area contributed by atoms with Crippen molar-refractivity contribution in [2.24, 2.45) is 0 Å². The fraction of sp³-hybridized carbons (Fsp3) is 0.264. The lowest BCUT2D eigenvalue weighted by Gasteiger charge is -2.33. The second-order valence-electron chi connectivity index (χ2n) is 25.5. The molecule has 0 atom stereocenters. The SMILES string of the molecule is CC(C)(C)c1cc(Oc2ccc3c4cc(-c5ccccc5)ccc4n(-c4cc(C(C)(C)C)ccn4)c3c2)cc(N2CN(c3cc(C(C)(C)c4ccccc4)cc(C(C)(C)c4ccccc4)c3)c3ccc(C(C)(C)C)cc32)c1. The van der Waals surface area contributed by atoms with Crippen LogP contribution in [0, 0.1) is 0 Å². The van der Waals surface area contributed by atoms with Gasteiger partial charge in [0.15, 0.2) is 0 Å². The number of fused-ring (bicyclic) bond motifs is 4. The van der Waals surface area contributed by atoms with Gasteiger partial charge >= 0.3 is 0 Å². The van der Waals surface area contributed by atoms with Gasteiger partial charge in [0, 0.05) is 51.3 Å². The van der Waals surface area contributed by atoms with Crippen LogP contribution < -0.4 is 14.5 Å². The van der Waals surface area contributed by atoms with Gasteiger partial charge in [-0.25, -0.2) is 4.98 Å². The van der Waals surface area contributed by atoms with Crippen LogP contribution in [0.3, 0.4) is 0 Å². The molecule has 0 saturated carbocycles. The molecule has 0 amide bonds. The van der Waals surface area contributed by atoms with Gasteiger partial charge in [-0.1, -0.05) is 199 Å². The highest BCUT2D eigenvalue weighted by Gasteiger charge is 2.35. The second kappa shape index (κ2) is 19.0. The minimum atomic E-state index is -0.264. The molecule has 11 rings (SSSR count). The van der Waals surface area contributed by atoms with Gasteiger partial charge < -0.3 is 14.5 Å². The lowest BCUT2D eigenvalue weighted by Crippen LogP contribution is -2.27. The third-order valence-electron chi connectivity index (χ3n) is 16.4. The molecule has 5 nitrogen and oxygen atoms in total. The minimum absolute atomic E-state index is 0.0479. The normalized spacial score (nSPS) is 13.4. The zero-order valence-electron chi connectivity index (χ0n) is 47.5. The van der Waals surface area contributed by atoms with Crippen LogP contribution in [0.25, 0.3) is 38.8 Å². The summed E-state index contributed by atoms with van der Waals surface area (Å²) in [7, 11) is 0. The minimum Gasteiger partial charge on any atom is -0.457 e. The number of ether oxygens (including phenoxy) is 1. The highest BCUT2D eigenvalue weighted by molar-refractivity contribution is 6.10. The Morgan fingerprint density at radius 3 is 1.53 bits per heavy atom. The topological polar surface area (TPSA) is 33.5 Å². The van der Waals surface area contributed by atoms with Gasteiger partial charge in [0.2, 0.25) is 0 Å². The summed E-state index contributed by atoms with van der Waals surface area (Å²) in [4.78, 5) is 10.1. The monoisotopic (exact) mass is 1010 g/mol. The fourth-order valence-electron chi connectivity index (χ4n) is 11.2. The summed E-state index contributed by atoms with van der Waals surface area (Å²) in [6.45, 7) is 30.6. The molecule has 0 radical (unpaired) electrons. The Hall–Kier alpha value is -7.89. The maximum absolute atomic E-state index is 7.17. The molecule has 0 saturated heterocycles. The van der Waals surface area contributed by atoms with Crippen molar-refractivity contribution in [1.82, 2.24) is 9.55 Å². The molecule has 10 aromatic rings. The summed E-state index contributed by atoms with van der Waals surface area (Å²) < 4.78 is 9.48. The van der Waals surface area contributed by atoms with E-state index in [1.54, 1.807) is 0 Å². The molecule has 1 aliphatic heterocycles. The van der Waals surface area contributed by atoms with Crippen molar-refractivity contribution in [2.45, 2.75) is 117 Å². The average Bonchev–Trinajstić information content (AvgIpc) is 4.09. The Bertz CT molecular complexity index is 3740. The van der Waals surface area contributed by atoms with Crippen LogP contribution >= 0.6 is 0 Å². The van der Waals surface area contributed by atoms with E-state index in [9.17, 15) is 0 Å². The van der Waals surface area contributed by atoms with E-state index in [0.717, 1.165) is 39.4 Å². The van der Waals surface area contributed by atoms with E-state index >= 15 is 0 Å². The average molecular weight is 1010 g/mol. The molecule has 2 aromatic heterocycles. The summed E-state index contributed by atoms with van der Waals surface area (Å²) in [6, 6.07) is 71.6. The molecule has 0 N–H and O–H groups in total. The van der Waals surface area contributed by atoms with Gasteiger partial charge in [-0.05, 0) is 139 Å². The third kappa shape index (κ3) is 9.71. The van der Waals surface area contributed by atoms with Crippen molar-refractivity contribution in [3.05, 3.63) is 239 Å². The molecular formula is C72H74N4O. The van der Waals surface area contributed by atoms with Crippen molar-refractivity contribution in [2.75, 3.05) is 16.5 Å². The summed E-state index contributed by atoms with van der Waals surface area (Å²) in [5.74, 6) is 2.44. The highest BCUT2D eigenvalue weighted by atomic mass is 16.5. The molecule has 1 aliphatic rings. The number of hydrogen-bond donors (Lipinski definition) is 0. The predicted molar refractivity (Wildman–Crippen MR) is 326 cm³/mol. The van der Waals surface area contributed by atoms with Gasteiger partial charge in [-0.2, -0.15) is 0 Å². The Morgan fingerprint density at radius 1 is 0.364 bits per heavy atom. The maximum Gasteiger partial charge on any atom is 0.137 e. The van der Waals surface area contributed by atoms with Crippen LogP contribution in [0.2, 0.25) is 0 Å². The zero-order chi connectivity index (χ0) is 54.2. The summed E-state index contributed by atoms with van der Waals surface area (Å²) in [5, 5.41) is 2.32. The van der Waals surface area contributed by atoms with Crippen LogP contribution in [0.5, 0.6) is 11.5 Å². The van der Waals surface area contributed by atoms with Gasteiger partial charge in [0.05, 0.1) is 22.4 Å². The van der Waals surface area contributed by atoms with E-state index in [1.807, 2.05) is 6.20 Å². The molecule has 3 heterocycles. The first-order valence-electron chi connectivity index (χ1n) is 27.4. The van der Waals surface area contributed by atoms with Crippen molar-refractivity contribution in [1.29, 1.82) is 0 Å². The fourth-order valence-corrected chi connectivity index (χ4v) is 11.2. The van der Waals surface area contributed by atoms with E-state index < -0.39 is 0 Å². The van der Waals surface area contributed by atoms with Gasteiger partial charge in [-0.3, -0.25) is 4.57 Å². The van der Waals surface area contributed by atoms with Crippen LogP contribution in [0.1, 0.15) is 129 Å². The number of aromatic nitrogens is 2. The molecule has 0 spiro atoms. The van der Waals surface area contributed by atoms with Crippen LogP contribution in [-0.4, -0.2) is 16.2 Å². The Labute approximate surface area is 457 Å². The summed E-state index contributed by atoms with van der Waals surface area (Å²) >= 11 is 0. The van der Waals surface area contributed by atoms with Gasteiger partial charge in [-0.15, -0.1) is 0 Å². The number of nitrogens with zero attached hydrogens (tertiary/aromatic N) is 4. The quantitative estimate of drug-likeness (QED) is 0.137. The van der Waals surface area contributed by atoms with Crippen molar-refractivity contribution < 1.29 is 4.74 Å². The largest absolute Gasteiger partial charge is 0.457 e. The molecule has 0 fully saturated rings.